The Balaban J connectivity index is 2.24. The number of aliphatic hydroxyl groups is 1. The molecule has 21 heavy (non-hydrogen) atoms. The summed E-state index contributed by atoms with van der Waals surface area (Å²) in [7, 11) is 0. The van der Waals surface area contributed by atoms with Gasteiger partial charge < -0.3 is 5.11 Å². The molecule has 0 bridgehead atoms. The van der Waals surface area contributed by atoms with Gasteiger partial charge >= 0.3 is 0 Å². The van der Waals surface area contributed by atoms with E-state index in [1.807, 2.05) is 13.8 Å². The Hall–Kier alpha value is -1.78. The molecule has 1 aromatic heterocycles. The van der Waals surface area contributed by atoms with Crippen LogP contribution in [0.4, 0.5) is 5.82 Å². The zero-order chi connectivity index (χ0) is 15.6. The van der Waals surface area contributed by atoms with E-state index in [0.717, 1.165) is 25.7 Å². The van der Waals surface area contributed by atoms with Crippen LogP contribution in [0.5, 0.6) is 0 Å². The van der Waals surface area contributed by atoms with Gasteiger partial charge in [0.1, 0.15) is 11.6 Å². The first-order chi connectivity index (χ1) is 9.91. The minimum atomic E-state index is -0.0746. The fourth-order valence-electron chi connectivity index (χ4n) is 3.00. The number of aliphatic hydroxyl groups excluding tert-OH is 1. The summed E-state index contributed by atoms with van der Waals surface area (Å²) in [5.74, 6) is 1.35. The van der Waals surface area contributed by atoms with Crippen LogP contribution in [-0.2, 0) is 4.79 Å². The van der Waals surface area contributed by atoms with Gasteiger partial charge in [-0.15, -0.1) is 0 Å². The van der Waals surface area contributed by atoms with Crippen molar-refractivity contribution in [3.63, 3.8) is 0 Å². The minimum Gasteiger partial charge on any atom is -0.508 e. The van der Waals surface area contributed by atoms with E-state index in [1.54, 1.807) is 4.90 Å². The van der Waals surface area contributed by atoms with Crippen LogP contribution in [0.15, 0.2) is 12.8 Å². The zero-order valence-corrected chi connectivity index (χ0v) is 13.1. The smallest absolute Gasteiger partial charge is 0.231 e. The Kier molecular flexibility index (Phi) is 4.70. The van der Waals surface area contributed by atoms with Gasteiger partial charge in [0.05, 0.1) is 11.8 Å². The highest BCUT2D eigenvalue weighted by atomic mass is 16.3. The summed E-state index contributed by atoms with van der Waals surface area (Å²) in [4.78, 5) is 14.6. The second-order valence-electron chi connectivity index (χ2n) is 6.34. The Morgan fingerprint density at radius 3 is 2.57 bits per heavy atom. The highest BCUT2D eigenvalue weighted by Crippen LogP contribution is 2.32. The lowest BCUT2D eigenvalue weighted by Gasteiger charge is -2.33. The highest BCUT2D eigenvalue weighted by molar-refractivity contribution is 5.96. The molecule has 116 valence electrons. The van der Waals surface area contributed by atoms with Crippen LogP contribution in [0, 0.1) is 11.8 Å². The third kappa shape index (κ3) is 3.28. The molecule has 5 nitrogen and oxygen atoms in total. The lowest BCUT2D eigenvalue weighted by molar-refractivity contribution is -0.123. The van der Waals surface area contributed by atoms with Crippen molar-refractivity contribution in [2.24, 2.45) is 11.8 Å². The normalized spacial score (nSPS) is 22.3. The predicted octanol–water partition coefficient (Wildman–Crippen LogP) is 3.51. The van der Waals surface area contributed by atoms with Crippen molar-refractivity contribution in [1.29, 1.82) is 0 Å². The number of carbonyl (C=O) groups excluding carboxylic acids is 1. The molecule has 0 spiro atoms. The Morgan fingerprint density at radius 1 is 1.43 bits per heavy atom. The van der Waals surface area contributed by atoms with E-state index in [0.29, 0.717) is 17.3 Å². The Labute approximate surface area is 126 Å². The molecule has 1 heterocycles. The summed E-state index contributed by atoms with van der Waals surface area (Å²) >= 11 is 0. The standard InChI is InChI=1S/C16H25N3O2/c1-10(2)19(15-14(12(4)20)9-17-18-15)16(21)13-7-5-11(3)6-8-13/h9-11,13,20H,4-8H2,1-3H3,(H,17,18). The predicted molar refractivity (Wildman–Crippen MR) is 84.0 cm³/mol. The number of amides is 1. The molecule has 1 amide bonds. The molecule has 1 saturated carbocycles. The summed E-state index contributed by atoms with van der Waals surface area (Å²) in [6.45, 7) is 9.71. The molecule has 2 N–H and O–H groups in total. The maximum atomic E-state index is 12.9. The number of aromatic amines is 1. The average Bonchev–Trinajstić information content (AvgIpc) is 2.88. The molecule has 1 aliphatic carbocycles. The monoisotopic (exact) mass is 291 g/mol. The van der Waals surface area contributed by atoms with Gasteiger partial charge in [-0.1, -0.05) is 13.5 Å². The number of hydrogen-bond acceptors (Lipinski definition) is 3. The second-order valence-corrected chi connectivity index (χ2v) is 6.34. The number of aromatic nitrogens is 2. The fraction of sp³-hybridized carbons (Fsp3) is 0.625. The lowest BCUT2D eigenvalue weighted by Crippen LogP contribution is -2.42. The topological polar surface area (TPSA) is 69.2 Å². The van der Waals surface area contributed by atoms with Crippen molar-refractivity contribution in [3.05, 3.63) is 18.3 Å². The molecule has 0 radical (unpaired) electrons. The Morgan fingerprint density at radius 2 is 2.05 bits per heavy atom. The second kappa shape index (κ2) is 6.33. The fourth-order valence-corrected chi connectivity index (χ4v) is 3.00. The first-order valence-electron chi connectivity index (χ1n) is 7.66. The van der Waals surface area contributed by atoms with E-state index in [9.17, 15) is 9.90 Å². The van der Waals surface area contributed by atoms with Crippen LogP contribution >= 0.6 is 0 Å². The molecule has 2 rings (SSSR count). The van der Waals surface area contributed by atoms with E-state index in [4.69, 9.17) is 0 Å². The van der Waals surface area contributed by atoms with Crippen molar-refractivity contribution < 1.29 is 9.90 Å². The number of nitrogens with zero attached hydrogens (tertiary/aromatic N) is 2. The summed E-state index contributed by atoms with van der Waals surface area (Å²) in [5.41, 5.74) is 0.487. The van der Waals surface area contributed by atoms with E-state index >= 15 is 0 Å². The third-order valence-corrected chi connectivity index (χ3v) is 4.29. The van der Waals surface area contributed by atoms with Gasteiger partial charge in [0.25, 0.3) is 0 Å². The number of nitrogens with one attached hydrogen (secondary N) is 1. The average molecular weight is 291 g/mol. The number of anilines is 1. The summed E-state index contributed by atoms with van der Waals surface area (Å²) in [6.07, 6.45) is 5.58. The summed E-state index contributed by atoms with van der Waals surface area (Å²) in [5, 5.41) is 16.4. The first-order valence-corrected chi connectivity index (χ1v) is 7.66. The van der Waals surface area contributed by atoms with E-state index in [1.165, 1.54) is 6.20 Å². The van der Waals surface area contributed by atoms with Crippen molar-refractivity contribution in [2.45, 2.75) is 52.5 Å². The SMILES string of the molecule is C=C(O)c1cn[nH]c1N(C(=O)C1CCC(C)CC1)C(C)C. The van der Waals surface area contributed by atoms with Gasteiger partial charge in [-0.05, 0) is 45.4 Å². The molecule has 0 aromatic carbocycles. The number of rotatable bonds is 4. The quantitative estimate of drug-likeness (QED) is 0.834. The minimum absolute atomic E-state index is 0.00426. The molecule has 0 atom stereocenters. The molecule has 1 aromatic rings. The number of H-pyrrole nitrogens is 1. The van der Waals surface area contributed by atoms with Crippen LogP contribution in [0.25, 0.3) is 5.76 Å². The van der Waals surface area contributed by atoms with Gasteiger partial charge in [-0.2, -0.15) is 5.10 Å². The summed E-state index contributed by atoms with van der Waals surface area (Å²) in [6, 6.07) is -0.00426. The van der Waals surface area contributed by atoms with Crippen LogP contribution in [0.3, 0.4) is 0 Å². The molecular weight excluding hydrogens is 266 g/mol. The van der Waals surface area contributed by atoms with Crippen molar-refractivity contribution in [1.82, 2.24) is 10.2 Å². The van der Waals surface area contributed by atoms with Gasteiger partial charge in [-0.25, -0.2) is 0 Å². The van der Waals surface area contributed by atoms with Crippen LogP contribution < -0.4 is 4.90 Å². The molecule has 0 unspecified atom stereocenters. The van der Waals surface area contributed by atoms with Gasteiger partial charge in [0.15, 0.2) is 0 Å². The van der Waals surface area contributed by atoms with Crippen LogP contribution in [0.1, 0.15) is 52.0 Å². The highest BCUT2D eigenvalue weighted by Gasteiger charge is 2.32. The lowest BCUT2D eigenvalue weighted by atomic mass is 9.82. The summed E-state index contributed by atoms with van der Waals surface area (Å²) < 4.78 is 0. The molecule has 5 heteroatoms. The van der Waals surface area contributed by atoms with Gasteiger partial charge in [-0.3, -0.25) is 14.8 Å². The van der Waals surface area contributed by atoms with Gasteiger partial charge in [0.2, 0.25) is 5.91 Å². The largest absolute Gasteiger partial charge is 0.508 e. The maximum absolute atomic E-state index is 12.9. The molecule has 0 saturated heterocycles. The van der Waals surface area contributed by atoms with E-state index in [2.05, 4.69) is 23.7 Å². The maximum Gasteiger partial charge on any atom is 0.231 e. The first kappa shape index (κ1) is 15.6. The Bertz CT molecular complexity index is 513. The third-order valence-electron chi connectivity index (χ3n) is 4.29. The van der Waals surface area contributed by atoms with Gasteiger partial charge in [0, 0.05) is 12.0 Å². The molecule has 1 aliphatic rings. The van der Waals surface area contributed by atoms with Crippen molar-refractivity contribution in [2.75, 3.05) is 4.90 Å². The van der Waals surface area contributed by atoms with E-state index in [-0.39, 0.29) is 23.6 Å². The molecular formula is C16H25N3O2. The zero-order valence-electron chi connectivity index (χ0n) is 13.1. The van der Waals surface area contributed by atoms with E-state index < -0.39 is 0 Å². The van der Waals surface area contributed by atoms with Crippen LogP contribution in [0.2, 0.25) is 0 Å². The van der Waals surface area contributed by atoms with Crippen LogP contribution in [-0.4, -0.2) is 27.3 Å². The molecule has 1 fully saturated rings. The van der Waals surface area contributed by atoms with Crippen molar-refractivity contribution >= 4 is 17.5 Å². The number of hydrogen-bond donors (Lipinski definition) is 2. The molecule has 0 aliphatic heterocycles. The number of carbonyl (C=O) groups is 1. The van der Waals surface area contributed by atoms with Crippen molar-refractivity contribution in [3.8, 4) is 0 Å².